The zero-order chi connectivity index (χ0) is 11.8. The molecule has 0 spiro atoms. The molecule has 0 aliphatic carbocycles. The number of nitrogens with one attached hydrogen (secondary N) is 1. The number of unbranched alkanes of at least 4 members (excludes halogenated alkanes) is 1. The maximum absolute atomic E-state index is 3.68. The average Bonchev–Trinajstić information content (AvgIpc) is 2.28. The fourth-order valence-corrected chi connectivity index (χ4v) is 2.28. The van der Waals surface area contributed by atoms with Gasteiger partial charge in [-0.3, -0.25) is 0 Å². The molecule has 0 aromatic heterocycles. The fourth-order valence-electron chi connectivity index (χ4n) is 2.28. The van der Waals surface area contributed by atoms with Gasteiger partial charge in [0.25, 0.3) is 0 Å². The minimum Gasteiger partial charge on any atom is -0.314 e. The van der Waals surface area contributed by atoms with Crippen molar-refractivity contribution in [3.63, 3.8) is 0 Å². The Bertz CT molecular complexity index is 160. The molecule has 0 bridgehead atoms. The van der Waals surface area contributed by atoms with E-state index in [0.29, 0.717) is 0 Å². The number of nitrogens with zero attached hydrogens (tertiary/aromatic N) is 1. The zero-order valence-electron chi connectivity index (χ0n) is 11.5. The summed E-state index contributed by atoms with van der Waals surface area (Å²) in [5, 5.41) is 3.68. The summed E-state index contributed by atoms with van der Waals surface area (Å²) in [6, 6.07) is 0.793. The predicted molar refractivity (Wildman–Crippen MR) is 71.8 cm³/mol. The topological polar surface area (TPSA) is 15.3 Å². The van der Waals surface area contributed by atoms with E-state index in [1.54, 1.807) is 0 Å². The van der Waals surface area contributed by atoms with Gasteiger partial charge in [-0.2, -0.15) is 0 Å². The van der Waals surface area contributed by atoms with Crippen LogP contribution in [0, 0.1) is 5.92 Å². The van der Waals surface area contributed by atoms with Crippen molar-refractivity contribution in [1.82, 2.24) is 10.2 Å². The van der Waals surface area contributed by atoms with Crippen LogP contribution < -0.4 is 5.32 Å². The summed E-state index contributed by atoms with van der Waals surface area (Å²) >= 11 is 0. The molecule has 1 heterocycles. The molecular weight excluding hydrogens is 196 g/mol. The molecule has 0 atom stereocenters. The Morgan fingerprint density at radius 3 is 2.50 bits per heavy atom. The Hall–Kier alpha value is -0.0800. The van der Waals surface area contributed by atoms with Gasteiger partial charge in [-0.1, -0.05) is 27.2 Å². The lowest BCUT2D eigenvalue weighted by molar-refractivity contribution is 0.189. The summed E-state index contributed by atoms with van der Waals surface area (Å²) in [7, 11) is 0. The largest absolute Gasteiger partial charge is 0.314 e. The molecule has 1 fully saturated rings. The molecule has 2 heteroatoms. The third-order valence-corrected chi connectivity index (χ3v) is 3.57. The summed E-state index contributed by atoms with van der Waals surface area (Å²) in [5.41, 5.74) is 0. The molecule has 2 nitrogen and oxygen atoms in total. The molecule has 0 aromatic carbocycles. The summed E-state index contributed by atoms with van der Waals surface area (Å²) in [6.07, 6.45) is 6.69. The van der Waals surface area contributed by atoms with E-state index in [2.05, 4.69) is 31.0 Å². The number of hydrogen-bond acceptors (Lipinski definition) is 2. The van der Waals surface area contributed by atoms with E-state index in [9.17, 15) is 0 Å². The van der Waals surface area contributed by atoms with E-state index in [0.717, 1.165) is 12.0 Å². The summed E-state index contributed by atoms with van der Waals surface area (Å²) < 4.78 is 0. The highest BCUT2D eigenvalue weighted by Gasteiger charge is 2.17. The number of rotatable bonds is 7. The van der Waals surface area contributed by atoms with Gasteiger partial charge in [0.1, 0.15) is 0 Å². The van der Waals surface area contributed by atoms with Crippen molar-refractivity contribution in [3.05, 3.63) is 0 Å². The first kappa shape index (κ1) is 14.0. The Balaban J connectivity index is 2.04. The first-order chi connectivity index (χ1) is 7.72. The summed E-state index contributed by atoms with van der Waals surface area (Å²) in [6.45, 7) is 12.0. The van der Waals surface area contributed by atoms with Gasteiger partial charge in [0.15, 0.2) is 0 Å². The quantitative estimate of drug-likeness (QED) is 0.672. The van der Waals surface area contributed by atoms with E-state index in [1.165, 1.54) is 58.3 Å². The molecule has 1 N–H and O–H groups in total. The normalized spacial score (nSPS) is 19.5. The minimum atomic E-state index is 0.793. The van der Waals surface area contributed by atoms with E-state index < -0.39 is 0 Å². The van der Waals surface area contributed by atoms with Crippen LogP contribution in [0.15, 0.2) is 0 Å². The maximum Gasteiger partial charge on any atom is 0.00914 e. The molecule has 96 valence electrons. The van der Waals surface area contributed by atoms with Gasteiger partial charge in [0.05, 0.1) is 0 Å². The van der Waals surface area contributed by atoms with Gasteiger partial charge >= 0.3 is 0 Å². The third-order valence-electron chi connectivity index (χ3n) is 3.57. The number of hydrogen-bond donors (Lipinski definition) is 1. The molecule has 16 heavy (non-hydrogen) atoms. The highest BCUT2D eigenvalue weighted by atomic mass is 15.1. The number of piperidine rings is 1. The van der Waals surface area contributed by atoms with Crippen molar-refractivity contribution >= 4 is 0 Å². The molecule has 0 unspecified atom stereocenters. The second-order valence-electron chi connectivity index (χ2n) is 5.61. The van der Waals surface area contributed by atoms with E-state index in [-0.39, 0.29) is 0 Å². The summed E-state index contributed by atoms with van der Waals surface area (Å²) in [5.74, 6) is 0.848. The van der Waals surface area contributed by atoms with Crippen LogP contribution in [0.4, 0.5) is 0 Å². The van der Waals surface area contributed by atoms with Crippen LogP contribution in [-0.2, 0) is 0 Å². The predicted octanol–water partition coefficient (Wildman–Crippen LogP) is 2.89. The van der Waals surface area contributed by atoms with E-state index >= 15 is 0 Å². The molecular formula is C14H30N2. The van der Waals surface area contributed by atoms with Crippen molar-refractivity contribution in [2.24, 2.45) is 5.92 Å². The van der Waals surface area contributed by atoms with Gasteiger partial charge in [0.2, 0.25) is 0 Å². The van der Waals surface area contributed by atoms with Crippen LogP contribution >= 0.6 is 0 Å². The Morgan fingerprint density at radius 2 is 1.94 bits per heavy atom. The SMILES string of the molecule is CCCCNC1CCN(CCC(C)C)CC1. The molecule has 1 saturated heterocycles. The van der Waals surface area contributed by atoms with Gasteiger partial charge in [-0.05, 0) is 57.8 Å². The third kappa shape index (κ3) is 5.86. The Morgan fingerprint density at radius 1 is 1.25 bits per heavy atom. The lowest BCUT2D eigenvalue weighted by Crippen LogP contribution is -2.43. The van der Waals surface area contributed by atoms with Crippen LogP contribution in [0.25, 0.3) is 0 Å². The van der Waals surface area contributed by atoms with Gasteiger partial charge in [0, 0.05) is 6.04 Å². The van der Waals surface area contributed by atoms with Crippen molar-refractivity contribution in [2.75, 3.05) is 26.2 Å². The molecule has 0 aromatic rings. The minimum absolute atomic E-state index is 0.793. The van der Waals surface area contributed by atoms with Gasteiger partial charge < -0.3 is 10.2 Å². The first-order valence-electron chi connectivity index (χ1n) is 7.18. The van der Waals surface area contributed by atoms with E-state index in [4.69, 9.17) is 0 Å². The van der Waals surface area contributed by atoms with Crippen molar-refractivity contribution in [3.8, 4) is 0 Å². The van der Waals surface area contributed by atoms with Gasteiger partial charge in [-0.15, -0.1) is 0 Å². The Labute approximate surface area is 102 Å². The second kappa shape index (κ2) is 8.08. The number of likely N-dealkylation sites (tertiary alicyclic amines) is 1. The van der Waals surface area contributed by atoms with Crippen molar-refractivity contribution in [1.29, 1.82) is 0 Å². The lowest BCUT2D eigenvalue weighted by atomic mass is 10.0. The highest BCUT2D eigenvalue weighted by molar-refractivity contribution is 4.77. The standard InChI is InChI=1S/C14H30N2/c1-4-5-9-15-14-7-11-16(12-8-14)10-6-13(2)3/h13-15H,4-12H2,1-3H3. The van der Waals surface area contributed by atoms with Crippen LogP contribution in [0.2, 0.25) is 0 Å². The zero-order valence-corrected chi connectivity index (χ0v) is 11.5. The summed E-state index contributed by atoms with van der Waals surface area (Å²) in [4.78, 5) is 2.64. The first-order valence-corrected chi connectivity index (χ1v) is 7.18. The molecule has 1 aliphatic rings. The van der Waals surface area contributed by atoms with Gasteiger partial charge in [-0.25, -0.2) is 0 Å². The maximum atomic E-state index is 3.68. The monoisotopic (exact) mass is 226 g/mol. The van der Waals surface area contributed by atoms with Crippen LogP contribution in [-0.4, -0.2) is 37.1 Å². The van der Waals surface area contributed by atoms with Crippen molar-refractivity contribution < 1.29 is 0 Å². The van der Waals surface area contributed by atoms with Crippen LogP contribution in [0.5, 0.6) is 0 Å². The van der Waals surface area contributed by atoms with Crippen LogP contribution in [0.1, 0.15) is 52.9 Å². The molecule has 1 rings (SSSR count). The molecule has 0 saturated carbocycles. The highest BCUT2D eigenvalue weighted by Crippen LogP contribution is 2.12. The molecule has 0 radical (unpaired) electrons. The fraction of sp³-hybridized carbons (Fsp3) is 1.00. The lowest BCUT2D eigenvalue weighted by Gasteiger charge is -2.32. The van der Waals surface area contributed by atoms with E-state index in [1.807, 2.05) is 0 Å². The molecule has 1 aliphatic heterocycles. The smallest absolute Gasteiger partial charge is 0.00914 e. The van der Waals surface area contributed by atoms with Crippen molar-refractivity contribution in [2.45, 2.75) is 58.9 Å². The Kier molecular flexibility index (Phi) is 7.06. The average molecular weight is 226 g/mol. The molecule has 0 amide bonds. The van der Waals surface area contributed by atoms with Crippen LogP contribution in [0.3, 0.4) is 0 Å². The second-order valence-corrected chi connectivity index (χ2v) is 5.61.